The molecular formula is C11H5Cl4N3O3. The molecule has 0 spiro atoms. The lowest BCUT2D eigenvalue weighted by Crippen LogP contribution is -1.97. The molecule has 0 fully saturated rings. The molecule has 2 N–H and O–H groups in total. The molecule has 0 amide bonds. The molecule has 0 aliphatic rings. The molecule has 110 valence electrons. The molecule has 2 rings (SSSR count). The van der Waals surface area contributed by atoms with E-state index in [0.29, 0.717) is 0 Å². The fraction of sp³-hybridized carbons (Fsp3) is 0. The smallest absolute Gasteiger partial charge is 0.272 e. The highest BCUT2D eigenvalue weighted by Gasteiger charge is 2.18. The maximum Gasteiger partial charge on any atom is 0.272 e. The summed E-state index contributed by atoms with van der Waals surface area (Å²) in [7, 11) is 0. The van der Waals surface area contributed by atoms with Crippen LogP contribution < -0.4 is 10.5 Å². The van der Waals surface area contributed by atoms with E-state index in [4.69, 9.17) is 56.9 Å². The maximum absolute atomic E-state index is 10.7. The number of nitro groups is 1. The number of aromatic nitrogens is 1. The summed E-state index contributed by atoms with van der Waals surface area (Å²) in [6.45, 7) is 0. The molecule has 2 aromatic rings. The fourth-order valence-corrected chi connectivity index (χ4v) is 2.33. The van der Waals surface area contributed by atoms with E-state index in [9.17, 15) is 10.1 Å². The summed E-state index contributed by atoms with van der Waals surface area (Å²) in [4.78, 5) is 13.9. The Kier molecular flexibility index (Phi) is 4.63. The zero-order valence-corrected chi connectivity index (χ0v) is 13.0. The summed E-state index contributed by atoms with van der Waals surface area (Å²) in [6.07, 6.45) is 0. The lowest BCUT2D eigenvalue weighted by molar-refractivity contribution is -0.384. The normalized spacial score (nSPS) is 10.5. The number of anilines is 1. The minimum absolute atomic E-state index is 0.00484. The third kappa shape index (κ3) is 3.41. The number of nitrogens with two attached hydrogens (primary N) is 1. The van der Waals surface area contributed by atoms with Gasteiger partial charge in [-0.2, -0.15) is 4.98 Å². The summed E-state index contributed by atoms with van der Waals surface area (Å²) < 4.78 is 5.37. The number of hydrogen-bond donors (Lipinski definition) is 1. The van der Waals surface area contributed by atoms with Gasteiger partial charge in [0.1, 0.15) is 10.8 Å². The van der Waals surface area contributed by atoms with E-state index in [1.54, 1.807) is 0 Å². The van der Waals surface area contributed by atoms with Crippen LogP contribution in [-0.2, 0) is 0 Å². The van der Waals surface area contributed by atoms with Crippen molar-refractivity contribution in [1.82, 2.24) is 4.98 Å². The third-order valence-electron chi connectivity index (χ3n) is 2.32. The predicted octanol–water partition coefficient (Wildman–Crippen LogP) is 4.98. The average molecular weight is 369 g/mol. The lowest BCUT2D eigenvalue weighted by Gasteiger charge is -2.10. The number of hydrogen-bond acceptors (Lipinski definition) is 5. The Balaban J connectivity index is 2.45. The van der Waals surface area contributed by atoms with Crippen molar-refractivity contribution in [3.05, 3.63) is 48.4 Å². The van der Waals surface area contributed by atoms with Crippen LogP contribution in [-0.4, -0.2) is 9.91 Å². The van der Waals surface area contributed by atoms with E-state index in [1.807, 2.05) is 0 Å². The summed E-state index contributed by atoms with van der Waals surface area (Å²) >= 11 is 23.5. The van der Waals surface area contributed by atoms with Gasteiger partial charge in [-0.1, -0.05) is 46.4 Å². The molecule has 0 aliphatic carbocycles. The zero-order chi connectivity index (χ0) is 15.7. The van der Waals surface area contributed by atoms with Crippen molar-refractivity contribution >= 4 is 57.9 Å². The molecule has 0 aliphatic heterocycles. The van der Waals surface area contributed by atoms with Gasteiger partial charge in [-0.3, -0.25) is 10.1 Å². The number of non-ortho nitro benzene ring substituents is 1. The molecule has 0 radical (unpaired) electrons. The van der Waals surface area contributed by atoms with Gasteiger partial charge in [0.15, 0.2) is 5.75 Å². The van der Waals surface area contributed by atoms with Crippen LogP contribution >= 0.6 is 46.4 Å². The number of nitrogens with zero attached hydrogens (tertiary/aromatic N) is 2. The minimum Gasteiger partial charge on any atom is -0.434 e. The molecule has 0 bridgehead atoms. The number of nitro benzene ring substituents is 1. The Morgan fingerprint density at radius 3 is 2.14 bits per heavy atom. The number of rotatable bonds is 3. The third-order valence-corrected chi connectivity index (χ3v) is 3.45. The molecule has 0 saturated heterocycles. The van der Waals surface area contributed by atoms with Crippen LogP contribution in [0.1, 0.15) is 0 Å². The highest BCUT2D eigenvalue weighted by Crippen LogP contribution is 2.41. The standard InChI is InChI=1S/C11H5Cl4N3O3/c12-5-1-4(18(19)20)2-6(13)9(5)21-11-8(15)3-7(14)10(16)17-11/h1-3H,(H2,16,17). The zero-order valence-electron chi connectivity index (χ0n) is 9.94. The first-order chi connectivity index (χ1) is 9.79. The first kappa shape index (κ1) is 15.9. The highest BCUT2D eigenvalue weighted by molar-refractivity contribution is 6.38. The Morgan fingerprint density at radius 1 is 1.05 bits per heavy atom. The molecular weight excluding hydrogens is 364 g/mol. The predicted molar refractivity (Wildman–Crippen MR) is 81.9 cm³/mol. The molecule has 0 unspecified atom stereocenters. The van der Waals surface area contributed by atoms with Crippen LogP contribution in [0.3, 0.4) is 0 Å². The van der Waals surface area contributed by atoms with Gasteiger partial charge in [0.25, 0.3) is 5.69 Å². The van der Waals surface area contributed by atoms with Gasteiger partial charge in [0.2, 0.25) is 5.88 Å². The Labute approximate surface area is 138 Å². The largest absolute Gasteiger partial charge is 0.434 e. The second-order valence-electron chi connectivity index (χ2n) is 3.74. The van der Waals surface area contributed by atoms with E-state index in [1.165, 1.54) is 6.07 Å². The summed E-state index contributed by atoms with van der Waals surface area (Å²) in [5, 5.41) is 10.8. The Hall–Kier alpha value is -1.47. The fourth-order valence-electron chi connectivity index (χ4n) is 1.38. The van der Waals surface area contributed by atoms with Gasteiger partial charge in [-0.15, -0.1) is 0 Å². The van der Waals surface area contributed by atoms with Crippen LogP contribution in [0.4, 0.5) is 11.5 Å². The van der Waals surface area contributed by atoms with Gasteiger partial charge in [-0.05, 0) is 6.07 Å². The van der Waals surface area contributed by atoms with E-state index in [-0.39, 0.29) is 43.2 Å². The number of nitrogen functional groups attached to an aromatic ring is 1. The van der Waals surface area contributed by atoms with Gasteiger partial charge in [-0.25, -0.2) is 0 Å². The number of halogens is 4. The summed E-state index contributed by atoms with van der Waals surface area (Å²) in [5.41, 5.74) is 5.27. The van der Waals surface area contributed by atoms with E-state index in [0.717, 1.165) is 12.1 Å². The van der Waals surface area contributed by atoms with E-state index in [2.05, 4.69) is 4.98 Å². The lowest BCUT2D eigenvalue weighted by atomic mass is 10.3. The van der Waals surface area contributed by atoms with Crippen molar-refractivity contribution in [2.45, 2.75) is 0 Å². The van der Waals surface area contributed by atoms with Crippen molar-refractivity contribution in [1.29, 1.82) is 0 Å². The first-order valence-electron chi connectivity index (χ1n) is 5.22. The topological polar surface area (TPSA) is 91.3 Å². The second kappa shape index (κ2) is 6.11. The average Bonchev–Trinajstić information content (AvgIpc) is 2.39. The van der Waals surface area contributed by atoms with Gasteiger partial charge >= 0.3 is 0 Å². The Morgan fingerprint density at radius 2 is 1.62 bits per heavy atom. The highest BCUT2D eigenvalue weighted by atomic mass is 35.5. The molecule has 1 aromatic heterocycles. The van der Waals surface area contributed by atoms with Crippen molar-refractivity contribution in [2.24, 2.45) is 0 Å². The van der Waals surface area contributed by atoms with Gasteiger partial charge < -0.3 is 10.5 Å². The number of benzene rings is 1. The molecule has 0 saturated carbocycles. The SMILES string of the molecule is Nc1nc(Oc2c(Cl)cc([N+](=O)[O-])cc2Cl)c(Cl)cc1Cl. The monoisotopic (exact) mass is 367 g/mol. The molecule has 0 atom stereocenters. The van der Waals surface area contributed by atoms with Crippen molar-refractivity contribution in [2.75, 3.05) is 5.73 Å². The van der Waals surface area contributed by atoms with Gasteiger partial charge in [0.05, 0.1) is 20.0 Å². The second-order valence-corrected chi connectivity index (χ2v) is 5.37. The number of ether oxygens (including phenoxy) is 1. The summed E-state index contributed by atoms with van der Waals surface area (Å²) in [5.74, 6) is -0.0958. The van der Waals surface area contributed by atoms with Crippen molar-refractivity contribution in [3.63, 3.8) is 0 Å². The Bertz CT molecular complexity index is 716. The first-order valence-corrected chi connectivity index (χ1v) is 6.73. The molecule has 1 aromatic carbocycles. The van der Waals surface area contributed by atoms with E-state index < -0.39 is 4.92 Å². The molecule has 21 heavy (non-hydrogen) atoms. The van der Waals surface area contributed by atoms with Gasteiger partial charge in [0, 0.05) is 12.1 Å². The molecule has 10 heteroatoms. The minimum atomic E-state index is -0.632. The molecule has 6 nitrogen and oxygen atoms in total. The van der Waals surface area contributed by atoms with Crippen LogP contribution in [0.5, 0.6) is 11.6 Å². The number of pyridine rings is 1. The van der Waals surface area contributed by atoms with Crippen molar-refractivity contribution in [3.8, 4) is 11.6 Å². The maximum atomic E-state index is 10.7. The van der Waals surface area contributed by atoms with E-state index >= 15 is 0 Å². The van der Waals surface area contributed by atoms with Crippen LogP contribution in [0.15, 0.2) is 18.2 Å². The quantitative estimate of drug-likeness (QED) is 0.609. The van der Waals surface area contributed by atoms with Crippen LogP contribution in [0.25, 0.3) is 0 Å². The summed E-state index contributed by atoms with van der Waals surface area (Å²) in [6, 6.07) is 3.53. The van der Waals surface area contributed by atoms with Crippen LogP contribution in [0, 0.1) is 10.1 Å². The van der Waals surface area contributed by atoms with Crippen molar-refractivity contribution < 1.29 is 9.66 Å². The van der Waals surface area contributed by atoms with Crippen LogP contribution in [0.2, 0.25) is 20.1 Å². The molecule has 1 heterocycles.